The van der Waals surface area contributed by atoms with Crippen LogP contribution in [0.5, 0.6) is 0 Å². The zero-order valence-corrected chi connectivity index (χ0v) is 6.93. The smallest absolute Gasteiger partial charge is 0.258 e. The number of rotatable bonds is 2. The Morgan fingerprint density at radius 2 is 2.27 bits per heavy atom. The van der Waals surface area contributed by atoms with Crippen molar-refractivity contribution in [2.45, 2.75) is 4.90 Å². The molecule has 11 heavy (non-hydrogen) atoms. The molecule has 5 heteroatoms. The average Bonchev–Trinajstić information content (AvgIpc) is 2.05. The molecular weight excluding hydrogens is 186 g/mol. The van der Waals surface area contributed by atoms with Crippen LogP contribution in [-0.4, -0.2) is 4.92 Å². The van der Waals surface area contributed by atoms with Gasteiger partial charge in [-0.3, -0.25) is 10.1 Å². The number of hydrogen-bond donors (Lipinski definition) is 0. The zero-order valence-electron chi connectivity index (χ0n) is 5.36. The van der Waals surface area contributed by atoms with Crippen molar-refractivity contribution in [1.82, 2.24) is 0 Å². The fraction of sp³-hybridized carbons (Fsp3) is 0. The lowest BCUT2D eigenvalue weighted by atomic mass is 10.3. The van der Waals surface area contributed by atoms with Gasteiger partial charge in [-0.05, 0) is 27.7 Å². The van der Waals surface area contributed by atoms with Gasteiger partial charge >= 0.3 is 0 Å². The Morgan fingerprint density at radius 1 is 1.55 bits per heavy atom. The molecule has 0 unspecified atom stereocenters. The van der Waals surface area contributed by atoms with E-state index in [4.69, 9.17) is 10.7 Å². The molecule has 0 N–H and O–H groups in total. The summed E-state index contributed by atoms with van der Waals surface area (Å²) in [4.78, 5) is 10.5. The summed E-state index contributed by atoms with van der Waals surface area (Å²) >= 11 is 0. The normalized spacial score (nSPS) is 9.55. The molecule has 1 aromatic rings. The van der Waals surface area contributed by atoms with E-state index in [9.17, 15) is 10.1 Å². The van der Waals surface area contributed by atoms with Crippen molar-refractivity contribution in [3.63, 3.8) is 0 Å². The van der Waals surface area contributed by atoms with Gasteiger partial charge in [-0.2, -0.15) is 0 Å². The van der Waals surface area contributed by atoms with Crippen LogP contribution < -0.4 is 0 Å². The Labute approximate surface area is 72.0 Å². The van der Waals surface area contributed by atoms with Crippen molar-refractivity contribution in [2.75, 3.05) is 0 Å². The third-order valence-electron chi connectivity index (χ3n) is 1.12. The van der Waals surface area contributed by atoms with Gasteiger partial charge in [0, 0.05) is 17.0 Å². The molecule has 0 radical (unpaired) electrons. The second kappa shape index (κ2) is 3.59. The predicted molar refractivity (Wildman–Crippen MR) is 44.8 cm³/mol. The first-order valence-corrected chi connectivity index (χ1v) is 4.41. The second-order valence-corrected chi connectivity index (χ2v) is 2.92. The number of benzene rings is 1. The van der Waals surface area contributed by atoms with E-state index in [1.54, 1.807) is 12.1 Å². The van der Waals surface area contributed by atoms with Crippen LogP contribution in [0.3, 0.4) is 0 Å². The molecule has 0 fully saturated rings. The van der Waals surface area contributed by atoms with Gasteiger partial charge in [-0.25, -0.2) is 0 Å². The Morgan fingerprint density at radius 3 is 2.82 bits per heavy atom. The van der Waals surface area contributed by atoms with Gasteiger partial charge in [0.25, 0.3) is 5.69 Å². The van der Waals surface area contributed by atoms with Gasteiger partial charge in [0.1, 0.15) is 0 Å². The summed E-state index contributed by atoms with van der Waals surface area (Å²) in [5.41, 5.74) is 0.0654. The highest BCUT2D eigenvalue weighted by molar-refractivity contribution is 8.21. The van der Waals surface area contributed by atoms with E-state index in [2.05, 4.69) is 0 Å². The SMILES string of the molecule is O=[N+]([O-])c1cccc(SCl)c1. The van der Waals surface area contributed by atoms with Crippen LogP contribution in [0, 0.1) is 10.1 Å². The molecule has 0 aliphatic heterocycles. The lowest BCUT2D eigenvalue weighted by Gasteiger charge is -1.92. The summed E-state index contributed by atoms with van der Waals surface area (Å²) in [6, 6.07) is 6.17. The van der Waals surface area contributed by atoms with Gasteiger partial charge in [0.05, 0.1) is 4.92 Å². The molecule has 0 amide bonds. The van der Waals surface area contributed by atoms with Crippen LogP contribution in [0.2, 0.25) is 0 Å². The monoisotopic (exact) mass is 189 g/mol. The highest BCUT2D eigenvalue weighted by Gasteiger charge is 2.04. The van der Waals surface area contributed by atoms with Crippen molar-refractivity contribution in [3.05, 3.63) is 34.4 Å². The van der Waals surface area contributed by atoms with Crippen molar-refractivity contribution in [2.24, 2.45) is 0 Å². The van der Waals surface area contributed by atoms with Crippen LogP contribution in [-0.2, 0) is 0 Å². The summed E-state index contributed by atoms with van der Waals surface area (Å²) < 4.78 is 0. The first-order valence-electron chi connectivity index (χ1n) is 2.77. The average molecular weight is 190 g/mol. The van der Waals surface area contributed by atoms with Gasteiger partial charge in [0.2, 0.25) is 0 Å². The Hall–Kier alpha value is -0.740. The summed E-state index contributed by atoms with van der Waals surface area (Å²) in [7, 11) is 6.37. The summed E-state index contributed by atoms with van der Waals surface area (Å²) in [5.74, 6) is 0. The molecule has 0 saturated carbocycles. The molecule has 0 saturated heterocycles. The third kappa shape index (κ3) is 2.10. The van der Waals surface area contributed by atoms with E-state index in [0.717, 1.165) is 11.0 Å². The highest BCUT2D eigenvalue weighted by Crippen LogP contribution is 2.25. The standard InChI is InChI=1S/C6H4ClNO2S/c7-11-6-3-1-2-5(4-6)8(9)10/h1-4H. The maximum Gasteiger partial charge on any atom is 0.270 e. The molecular formula is C6H4ClNO2S. The van der Waals surface area contributed by atoms with E-state index in [0.29, 0.717) is 4.90 Å². The van der Waals surface area contributed by atoms with E-state index in [1.807, 2.05) is 0 Å². The molecule has 0 atom stereocenters. The number of nitro groups is 1. The number of nitro benzene ring substituents is 1. The molecule has 1 aromatic carbocycles. The summed E-state index contributed by atoms with van der Waals surface area (Å²) in [5, 5.41) is 10.2. The second-order valence-electron chi connectivity index (χ2n) is 1.83. The minimum absolute atomic E-state index is 0.0654. The molecule has 0 heterocycles. The summed E-state index contributed by atoms with van der Waals surface area (Å²) in [6.07, 6.45) is 0. The van der Waals surface area contributed by atoms with E-state index in [1.165, 1.54) is 12.1 Å². The quantitative estimate of drug-likeness (QED) is 0.531. The first kappa shape index (κ1) is 8.36. The van der Waals surface area contributed by atoms with Crippen molar-refractivity contribution in [3.8, 4) is 0 Å². The Kier molecular flexibility index (Phi) is 2.73. The molecule has 0 aliphatic carbocycles. The lowest BCUT2D eigenvalue weighted by molar-refractivity contribution is -0.385. The number of hydrogen-bond acceptors (Lipinski definition) is 3. The van der Waals surface area contributed by atoms with E-state index >= 15 is 0 Å². The van der Waals surface area contributed by atoms with Crippen molar-refractivity contribution in [1.29, 1.82) is 0 Å². The molecule has 0 spiro atoms. The van der Waals surface area contributed by atoms with Crippen LogP contribution in [0.25, 0.3) is 0 Å². The van der Waals surface area contributed by atoms with Crippen LogP contribution in [0.1, 0.15) is 0 Å². The zero-order chi connectivity index (χ0) is 8.27. The minimum Gasteiger partial charge on any atom is -0.258 e. The number of nitrogens with zero attached hydrogens (tertiary/aromatic N) is 1. The lowest BCUT2D eigenvalue weighted by Crippen LogP contribution is -1.86. The van der Waals surface area contributed by atoms with Gasteiger partial charge in [0.15, 0.2) is 0 Å². The highest BCUT2D eigenvalue weighted by atomic mass is 35.7. The van der Waals surface area contributed by atoms with Crippen molar-refractivity contribution < 1.29 is 4.92 Å². The first-order chi connectivity index (χ1) is 5.24. The Balaban J connectivity index is 3.01. The fourth-order valence-corrected chi connectivity index (χ4v) is 1.23. The molecule has 1 rings (SSSR count). The minimum atomic E-state index is -0.448. The summed E-state index contributed by atoms with van der Waals surface area (Å²) in [6.45, 7) is 0. The van der Waals surface area contributed by atoms with E-state index in [-0.39, 0.29) is 5.69 Å². The number of halogens is 1. The Bertz CT molecular complexity index is 279. The van der Waals surface area contributed by atoms with Crippen LogP contribution in [0.4, 0.5) is 5.69 Å². The molecule has 0 bridgehead atoms. The maximum absolute atomic E-state index is 10.2. The molecule has 0 aliphatic rings. The van der Waals surface area contributed by atoms with Gasteiger partial charge < -0.3 is 0 Å². The maximum atomic E-state index is 10.2. The molecule has 0 aromatic heterocycles. The predicted octanol–water partition coefficient (Wildman–Crippen LogP) is 2.84. The van der Waals surface area contributed by atoms with Crippen LogP contribution >= 0.6 is 21.7 Å². The molecule has 3 nitrogen and oxygen atoms in total. The fourth-order valence-electron chi connectivity index (χ4n) is 0.645. The van der Waals surface area contributed by atoms with Crippen LogP contribution in [0.15, 0.2) is 29.2 Å². The topological polar surface area (TPSA) is 43.1 Å². The molecule has 58 valence electrons. The number of non-ortho nitro benzene ring substituents is 1. The largest absolute Gasteiger partial charge is 0.270 e. The van der Waals surface area contributed by atoms with Crippen molar-refractivity contribution >= 4 is 27.3 Å². The van der Waals surface area contributed by atoms with Gasteiger partial charge in [-0.15, -0.1) is 0 Å². The van der Waals surface area contributed by atoms with Gasteiger partial charge in [-0.1, -0.05) is 6.07 Å². The van der Waals surface area contributed by atoms with E-state index < -0.39 is 4.92 Å². The third-order valence-corrected chi connectivity index (χ3v) is 2.08.